The molecule has 164 valence electrons. The third-order valence-electron chi connectivity index (χ3n) is 4.50. The summed E-state index contributed by atoms with van der Waals surface area (Å²) in [6.45, 7) is 5.98. The average Bonchev–Trinajstić information content (AvgIpc) is 2.68. The third kappa shape index (κ3) is 8.02. The molecule has 7 nitrogen and oxygen atoms in total. The van der Waals surface area contributed by atoms with Crippen LogP contribution in [0.2, 0.25) is 0 Å². The highest BCUT2D eigenvalue weighted by Gasteiger charge is 2.21. The predicted molar refractivity (Wildman–Crippen MR) is 109 cm³/mol. The number of rotatable bonds is 9. The fourth-order valence-corrected chi connectivity index (χ4v) is 3.21. The van der Waals surface area contributed by atoms with E-state index in [4.69, 9.17) is 9.47 Å². The van der Waals surface area contributed by atoms with E-state index in [2.05, 4.69) is 39.1 Å². The summed E-state index contributed by atoms with van der Waals surface area (Å²) in [5.74, 6) is 1.70. The molecule has 1 fully saturated rings. The zero-order valence-corrected chi connectivity index (χ0v) is 17.6. The molecular weight excluding hydrogens is 382 g/mol. The topological polar surface area (TPSA) is 67.4 Å². The number of guanidine groups is 1. The summed E-state index contributed by atoms with van der Waals surface area (Å²) >= 11 is 0. The predicted octanol–water partition coefficient (Wildman–Crippen LogP) is 2.32. The summed E-state index contributed by atoms with van der Waals surface area (Å²) in [5, 5.41) is 6.36. The van der Waals surface area contributed by atoms with Crippen LogP contribution in [0.4, 0.5) is 8.78 Å². The van der Waals surface area contributed by atoms with Crippen LogP contribution in [0.15, 0.2) is 23.2 Å². The van der Waals surface area contributed by atoms with Crippen LogP contribution in [-0.4, -0.2) is 70.5 Å². The van der Waals surface area contributed by atoms with Gasteiger partial charge in [0.15, 0.2) is 5.96 Å². The van der Waals surface area contributed by atoms with E-state index < -0.39 is 6.61 Å². The van der Waals surface area contributed by atoms with Crippen molar-refractivity contribution in [2.45, 2.75) is 33.1 Å². The lowest BCUT2D eigenvalue weighted by molar-refractivity contribution is -0.0505. The first-order valence-electron chi connectivity index (χ1n) is 9.81. The summed E-state index contributed by atoms with van der Waals surface area (Å²) in [6, 6.07) is 4.83. The lowest BCUT2D eigenvalue weighted by Crippen LogP contribution is -2.50. The van der Waals surface area contributed by atoms with E-state index in [1.165, 1.54) is 13.2 Å². The Morgan fingerprint density at radius 1 is 1.34 bits per heavy atom. The summed E-state index contributed by atoms with van der Waals surface area (Å²) in [5.41, 5.74) is 0.575. The number of nitrogens with one attached hydrogen (secondary N) is 2. The van der Waals surface area contributed by atoms with Gasteiger partial charge in [0.2, 0.25) is 0 Å². The molecule has 0 saturated carbocycles. The van der Waals surface area contributed by atoms with Crippen LogP contribution in [0.1, 0.15) is 19.4 Å². The van der Waals surface area contributed by atoms with E-state index in [0.717, 1.165) is 19.6 Å². The zero-order chi connectivity index (χ0) is 21.2. The normalized spacial score (nSPS) is 18.2. The fourth-order valence-electron chi connectivity index (χ4n) is 3.21. The molecular formula is C20H32F2N4O3. The van der Waals surface area contributed by atoms with Gasteiger partial charge in [0.25, 0.3) is 0 Å². The van der Waals surface area contributed by atoms with E-state index in [1.54, 1.807) is 19.2 Å². The molecule has 0 bridgehead atoms. The van der Waals surface area contributed by atoms with Gasteiger partial charge in [0.1, 0.15) is 11.5 Å². The van der Waals surface area contributed by atoms with Crippen molar-refractivity contribution >= 4 is 5.96 Å². The Labute approximate surface area is 171 Å². The molecule has 1 aliphatic heterocycles. The van der Waals surface area contributed by atoms with Crippen LogP contribution in [0.3, 0.4) is 0 Å². The number of halogens is 2. The number of aliphatic imine (C=N–C) groups is 1. The minimum absolute atomic E-state index is 0.0692. The molecule has 29 heavy (non-hydrogen) atoms. The number of nitrogens with zero attached hydrogens (tertiary/aromatic N) is 2. The van der Waals surface area contributed by atoms with Crippen LogP contribution in [0.5, 0.6) is 11.5 Å². The first-order valence-corrected chi connectivity index (χ1v) is 9.81. The van der Waals surface area contributed by atoms with Crippen LogP contribution in [-0.2, 0) is 11.3 Å². The molecule has 1 heterocycles. The van der Waals surface area contributed by atoms with Gasteiger partial charge in [0, 0.05) is 51.4 Å². The lowest BCUT2D eigenvalue weighted by Gasteiger charge is -2.34. The van der Waals surface area contributed by atoms with Gasteiger partial charge in [-0.1, -0.05) is 13.8 Å². The van der Waals surface area contributed by atoms with Gasteiger partial charge in [-0.2, -0.15) is 8.78 Å². The SMILES string of the molecule is CN=C(NCc1ccc(OC)cc1OC(F)F)NCC1CN(CC(C)C)CCO1. The highest BCUT2D eigenvalue weighted by atomic mass is 19.3. The highest BCUT2D eigenvalue weighted by Crippen LogP contribution is 2.26. The Kier molecular flexibility index (Phi) is 9.40. The van der Waals surface area contributed by atoms with Crippen molar-refractivity contribution in [3.8, 4) is 11.5 Å². The van der Waals surface area contributed by atoms with Crippen LogP contribution in [0.25, 0.3) is 0 Å². The number of methoxy groups -OCH3 is 1. The Morgan fingerprint density at radius 2 is 2.14 bits per heavy atom. The van der Waals surface area contributed by atoms with Gasteiger partial charge in [-0.15, -0.1) is 0 Å². The lowest BCUT2D eigenvalue weighted by atomic mass is 10.2. The van der Waals surface area contributed by atoms with E-state index in [1.807, 2.05) is 0 Å². The fraction of sp³-hybridized carbons (Fsp3) is 0.650. The molecule has 2 N–H and O–H groups in total. The average molecular weight is 414 g/mol. The monoisotopic (exact) mass is 414 g/mol. The van der Waals surface area contributed by atoms with Crippen molar-refractivity contribution in [3.63, 3.8) is 0 Å². The van der Waals surface area contributed by atoms with Crippen LogP contribution < -0.4 is 20.1 Å². The van der Waals surface area contributed by atoms with E-state index in [-0.39, 0.29) is 18.4 Å². The molecule has 9 heteroatoms. The number of ether oxygens (including phenoxy) is 3. The van der Waals surface area contributed by atoms with Crippen molar-refractivity contribution in [3.05, 3.63) is 23.8 Å². The molecule has 0 aromatic heterocycles. The number of hydrogen-bond donors (Lipinski definition) is 2. The molecule has 0 amide bonds. The maximum atomic E-state index is 12.7. The summed E-state index contributed by atoms with van der Waals surface area (Å²) in [7, 11) is 3.13. The Morgan fingerprint density at radius 3 is 2.79 bits per heavy atom. The van der Waals surface area contributed by atoms with Crippen molar-refractivity contribution in [1.82, 2.24) is 15.5 Å². The summed E-state index contributed by atoms with van der Waals surface area (Å²) < 4.78 is 40.9. The smallest absolute Gasteiger partial charge is 0.387 e. The Balaban J connectivity index is 1.87. The van der Waals surface area contributed by atoms with Gasteiger partial charge in [-0.05, 0) is 18.1 Å². The summed E-state index contributed by atoms with van der Waals surface area (Å²) in [4.78, 5) is 6.60. The standard InChI is InChI=1S/C20H32F2N4O3/c1-14(2)12-26-7-8-28-17(13-26)11-25-20(23-3)24-10-15-5-6-16(27-4)9-18(15)29-19(21)22/h5-6,9,14,17,19H,7-8,10-13H2,1-4H3,(H2,23,24,25). The van der Waals surface area contributed by atoms with Crippen molar-refractivity contribution in [2.24, 2.45) is 10.9 Å². The van der Waals surface area contributed by atoms with Crippen molar-refractivity contribution < 1.29 is 23.0 Å². The van der Waals surface area contributed by atoms with Crippen molar-refractivity contribution in [1.29, 1.82) is 0 Å². The first-order chi connectivity index (χ1) is 13.9. The van der Waals surface area contributed by atoms with E-state index in [0.29, 0.717) is 36.3 Å². The largest absolute Gasteiger partial charge is 0.497 e. The Bertz CT molecular complexity index is 659. The first kappa shape index (κ1) is 23.2. The molecule has 0 spiro atoms. The summed E-state index contributed by atoms with van der Waals surface area (Å²) in [6.07, 6.45) is 0.0692. The zero-order valence-electron chi connectivity index (χ0n) is 17.6. The maximum Gasteiger partial charge on any atom is 0.387 e. The molecule has 1 atom stereocenters. The number of benzene rings is 1. The molecule has 1 unspecified atom stereocenters. The van der Waals surface area contributed by atoms with Gasteiger partial charge in [0.05, 0.1) is 19.8 Å². The number of alkyl halides is 2. The van der Waals surface area contributed by atoms with E-state index in [9.17, 15) is 8.78 Å². The molecule has 1 aromatic rings. The van der Waals surface area contributed by atoms with Gasteiger partial charge >= 0.3 is 6.61 Å². The third-order valence-corrected chi connectivity index (χ3v) is 4.50. The second kappa shape index (κ2) is 11.8. The minimum Gasteiger partial charge on any atom is -0.497 e. The highest BCUT2D eigenvalue weighted by molar-refractivity contribution is 5.79. The van der Waals surface area contributed by atoms with Gasteiger partial charge < -0.3 is 24.8 Å². The molecule has 1 aromatic carbocycles. The van der Waals surface area contributed by atoms with Crippen LogP contribution in [0, 0.1) is 5.92 Å². The number of hydrogen-bond acceptors (Lipinski definition) is 5. The van der Waals surface area contributed by atoms with Crippen LogP contribution >= 0.6 is 0 Å². The van der Waals surface area contributed by atoms with Gasteiger partial charge in [-0.25, -0.2) is 0 Å². The van der Waals surface area contributed by atoms with Gasteiger partial charge in [-0.3, -0.25) is 9.89 Å². The molecule has 1 saturated heterocycles. The maximum absolute atomic E-state index is 12.7. The molecule has 0 aliphatic carbocycles. The molecule has 1 aliphatic rings. The second-order valence-electron chi connectivity index (χ2n) is 7.31. The molecule has 2 rings (SSSR count). The number of morpholine rings is 1. The quantitative estimate of drug-likeness (QED) is 0.478. The minimum atomic E-state index is -2.91. The van der Waals surface area contributed by atoms with E-state index >= 15 is 0 Å². The molecule has 0 radical (unpaired) electrons. The Hall–Kier alpha value is -2.13. The second-order valence-corrected chi connectivity index (χ2v) is 7.31. The van der Waals surface area contributed by atoms with Crippen molar-refractivity contribution in [2.75, 3.05) is 46.9 Å².